The van der Waals surface area contributed by atoms with E-state index in [4.69, 9.17) is 0 Å². The van der Waals surface area contributed by atoms with Gasteiger partial charge in [0.05, 0.1) is 0 Å². The zero-order valence-electron chi connectivity index (χ0n) is 19.4. The summed E-state index contributed by atoms with van der Waals surface area (Å²) in [5.74, 6) is -0.0728. The van der Waals surface area contributed by atoms with Gasteiger partial charge < -0.3 is 0 Å². The van der Waals surface area contributed by atoms with Crippen LogP contribution in [0.15, 0.2) is 103 Å². The van der Waals surface area contributed by atoms with Crippen LogP contribution in [0, 0.1) is 0 Å². The molecule has 5 rings (SSSR count). The number of rotatable bonds is 7. The number of carbonyl (C=O) groups is 1. The first-order valence-corrected chi connectivity index (χ1v) is 13.3. The van der Waals surface area contributed by atoms with E-state index in [1.54, 1.807) is 0 Å². The van der Waals surface area contributed by atoms with Crippen LogP contribution in [0.25, 0.3) is 21.2 Å². The number of para-hydroxylation sites is 1. The Labute approximate surface area is 218 Å². The van der Waals surface area contributed by atoms with Crippen molar-refractivity contribution < 1.29 is 4.79 Å². The molecule has 4 aromatic carbocycles. The number of anilines is 1. The molecule has 0 aliphatic carbocycles. The second-order valence-electron chi connectivity index (χ2n) is 8.54. The molecule has 0 fully saturated rings. The summed E-state index contributed by atoms with van der Waals surface area (Å²) in [6.07, 6.45) is 0. The standard InChI is InChI=1S/C30H25AsN2OS/c1-20(32-19-21-11-13-23(14-12-21)22-7-3-2-4-8-22)24-15-16-25-18-29(35-28(25)17-24)30(34)33-27-10-6-5-9-26(27)31/h2-18,20,32H,19H2,1H3,(H,33,34). The van der Waals surface area contributed by atoms with Crippen molar-refractivity contribution in [3.63, 3.8) is 0 Å². The molecule has 2 N–H and O–H groups in total. The fraction of sp³-hybridized carbons (Fsp3) is 0.100. The minimum atomic E-state index is -0.0728. The van der Waals surface area contributed by atoms with Crippen LogP contribution in [0.5, 0.6) is 0 Å². The molecule has 0 aliphatic heterocycles. The summed E-state index contributed by atoms with van der Waals surface area (Å²) in [6.45, 7) is 2.97. The molecular weight excluding hydrogens is 511 g/mol. The van der Waals surface area contributed by atoms with Crippen LogP contribution in [0.2, 0.25) is 0 Å². The van der Waals surface area contributed by atoms with E-state index in [9.17, 15) is 4.79 Å². The van der Waals surface area contributed by atoms with Gasteiger partial charge in [0.2, 0.25) is 0 Å². The number of amides is 1. The van der Waals surface area contributed by atoms with Gasteiger partial charge in [0.1, 0.15) is 0 Å². The third-order valence-corrected chi connectivity index (χ3v) is 8.01. The van der Waals surface area contributed by atoms with Crippen molar-refractivity contribution in [3.8, 4) is 11.1 Å². The molecule has 1 atom stereocenters. The van der Waals surface area contributed by atoms with Crippen LogP contribution in [-0.4, -0.2) is 22.8 Å². The molecule has 1 unspecified atom stereocenters. The van der Waals surface area contributed by atoms with Crippen LogP contribution in [0.1, 0.15) is 33.8 Å². The van der Waals surface area contributed by atoms with Gasteiger partial charge in [-0.05, 0) is 16.7 Å². The predicted octanol–water partition coefficient (Wildman–Crippen LogP) is 6.47. The first-order chi connectivity index (χ1) is 17.1. The molecule has 1 amide bonds. The van der Waals surface area contributed by atoms with Gasteiger partial charge in [-0.2, -0.15) is 0 Å². The van der Waals surface area contributed by atoms with Crippen molar-refractivity contribution in [2.45, 2.75) is 19.5 Å². The van der Waals surface area contributed by atoms with Gasteiger partial charge in [-0.3, -0.25) is 0 Å². The van der Waals surface area contributed by atoms with Crippen LogP contribution >= 0.6 is 11.3 Å². The molecule has 2 radical (unpaired) electrons. The molecule has 172 valence electrons. The molecule has 0 saturated heterocycles. The molecule has 0 bridgehead atoms. The first-order valence-electron chi connectivity index (χ1n) is 11.6. The van der Waals surface area contributed by atoms with Crippen molar-refractivity contribution in [1.82, 2.24) is 5.32 Å². The van der Waals surface area contributed by atoms with E-state index in [1.165, 1.54) is 33.6 Å². The second-order valence-corrected chi connectivity index (χ2v) is 10.6. The number of nitrogens with one attached hydrogen (secondary N) is 2. The SMILES string of the molecule is CC(NCc1ccc(-c2ccccc2)cc1)c1ccc2cc(C(=O)Nc3ccccc3[As])sc2c1. The van der Waals surface area contributed by atoms with Crippen molar-refractivity contribution >= 4 is 54.2 Å². The summed E-state index contributed by atoms with van der Waals surface area (Å²) < 4.78 is 2.11. The van der Waals surface area contributed by atoms with Crippen molar-refractivity contribution in [2.75, 3.05) is 5.32 Å². The third kappa shape index (κ3) is 5.57. The Hall–Kier alpha value is -3.17. The average Bonchev–Trinajstić information content (AvgIpc) is 3.33. The Morgan fingerprint density at radius 3 is 2.34 bits per heavy atom. The van der Waals surface area contributed by atoms with Gasteiger partial charge in [-0.25, -0.2) is 0 Å². The van der Waals surface area contributed by atoms with E-state index in [-0.39, 0.29) is 11.9 Å². The minimum absolute atomic E-state index is 0.0728. The quantitative estimate of drug-likeness (QED) is 0.234. The molecule has 3 nitrogen and oxygen atoms in total. The molecule has 5 aromatic rings. The number of hydrogen-bond donors (Lipinski definition) is 2. The number of benzene rings is 4. The van der Waals surface area contributed by atoms with E-state index in [0.717, 1.165) is 26.7 Å². The van der Waals surface area contributed by atoms with Crippen LogP contribution < -0.4 is 15.0 Å². The second kappa shape index (κ2) is 10.6. The van der Waals surface area contributed by atoms with E-state index >= 15 is 0 Å². The number of carbonyl (C=O) groups excluding carboxylic acids is 1. The van der Waals surface area contributed by atoms with E-state index in [2.05, 4.69) is 101 Å². The maximum atomic E-state index is 12.8. The van der Waals surface area contributed by atoms with Crippen LogP contribution in [0.4, 0.5) is 5.69 Å². The van der Waals surface area contributed by atoms with Gasteiger partial charge in [0.15, 0.2) is 0 Å². The molecule has 1 heterocycles. The normalized spacial score (nSPS) is 11.9. The topological polar surface area (TPSA) is 41.1 Å². The zero-order valence-corrected chi connectivity index (χ0v) is 22.1. The number of thiophene rings is 1. The van der Waals surface area contributed by atoms with Gasteiger partial charge in [0, 0.05) is 0 Å². The molecular formula is C30H25AsN2OS. The van der Waals surface area contributed by atoms with Gasteiger partial charge in [-0.15, -0.1) is 0 Å². The Morgan fingerprint density at radius 2 is 1.57 bits per heavy atom. The van der Waals surface area contributed by atoms with Crippen molar-refractivity contribution in [2.24, 2.45) is 0 Å². The monoisotopic (exact) mass is 536 g/mol. The summed E-state index contributed by atoms with van der Waals surface area (Å²) in [4.78, 5) is 13.5. The molecule has 0 aliphatic rings. The molecule has 0 spiro atoms. The van der Waals surface area contributed by atoms with Crippen LogP contribution in [-0.2, 0) is 6.54 Å². The molecule has 5 heteroatoms. The Kier molecular flexibility index (Phi) is 7.15. The predicted molar refractivity (Wildman–Crippen MR) is 149 cm³/mol. The molecule has 35 heavy (non-hydrogen) atoms. The Balaban J connectivity index is 1.24. The van der Waals surface area contributed by atoms with Gasteiger partial charge in [0.25, 0.3) is 0 Å². The van der Waals surface area contributed by atoms with Crippen molar-refractivity contribution in [1.29, 1.82) is 0 Å². The van der Waals surface area contributed by atoms with Gasteiger partial charge >= 0.3 is 148 Å². The summed E-state index contributed by atoms with van der Waals surface area (Å²) in [5, 5.41) is 7.74. The van der Waals surface area contributed by atoms with Crippen molar-refractivity contribution in [3.05, 3.63) is 119 Å². The first kappa shape index (κ1) is 23.6. The third-order valence-electron chi connectivity index (χ3n) is 6.09. The molecule has 0 saturated carbocycles. The Bertz CT molecular complexity index is 1460. The molecule has 1 aromatic heterocycles. The number of hydrogen-bond acceptors (Lipinski definition) is 3. The summed E-state index contributed by atoms with van der Waals surface area (Å²) in [5.41, 5.74) is 5.75. The maximum absolute atomic E-state index is 12.8. The number of fused-ring (bicyclic) bond motifs is 1. The zero-order chi connectivity index (χ0) is 24.2. The summed E-state index contributed by atoms with van der Waals surface area (Å²) in [7, 11) is 0. The summed E-state index contributed by atoms with van der Waals surface area (Å²) in [6, 6.07) is 35.5. The van der Waals surface area contributed by atoms with E-state index in [1.807, 2.05) is 36.4 Å². The van der Waals surface area contributed by atoms with E-state index < -0.39 is 0 Å². The average molecular weight is 537 g/mol. The summed E-state index contributed by atoms with van der Waals surface area (Å²) >= 11 is 4.03. The van der Waals surface area contributed by atoms with Gasteiger partial charge in [-0.1, -0.05) is 54.6 Å². The Morgan fingerprint density at radius 1 is 0.857 bits per heavy atom. The fourth-order valence-electron chi connectivity index (χ4n) is 4.03. The fourth-order valence-corrected chi connectivity index (χ4v) is 5.49. The van der Waals surface area contributed by atoms with Crippen LogP contribution in [0.3, 0.4) is 0 Å². The van der Waals surface area contributed by atoms with E-state index in [0.29, 0.717) is 4.88 Å².